The van der Waals surface area contributed by atoms with E-state index in [9.17, 15) is 0 Å². The third-order valence-corrected chi connectivity index (χ3v) is 1.28. The van der Waals surface area contributed by atoms with Crippen molar-refractivity contribution in [3.8, 4) is 0 Å². The maximum absolute atomic E-state index is 2.99. The fraction of sp³-hybridized carbons (Fsp3) is 0.714. The largest absolute Gasteiger partial charge is 0.394 e. The van der Waals surface area contributed by atoms with E-state index in [1.165, 1.54) is 5.57 Å². The molecule has 0 atom stereocenters. The van der Waals surface area contributed by atoms with Crippen molar-refractivity contribution in [3.63, 3.8) is 0 Å². The van der Waals surface area contributed by atoms with Crippen molar-refractivity contribution in [2.45, 2.75) is 20.8 Å². The van der Waals surface area contributed by atoms with Crippen molar-refractivity contribution in [2.75, 3.05) is 7.05 Å². The Bertz CT molecular complexity index is 82.4. The number of nitrogens with one attached hydrogen (secondary N) is 1. The highest BCUT2D eigenvalue weighted by atomic mass is 14.8. The first kappa shape index (κ1) is 7.54. The van der Waals surface area contributed by atoms with E-state index in [0.29, 0.717) is 5.92 Å². The van der Waals surface area contributed by atoms with Gasteiger partial charge < -0.3 is 5.32 Å². The van der Waals surface area contributed by atoms with E-state index in [0.717, 1.165) is 0 Å². The summed E-state index contributed by atoms with van der Waals surface area (Å²) >= 11 is 0. The van der Waals surface area contributed by atoms with Gasteiger partial charge >= 0.3 is 0 Å². The first-order chi connectivity index (χ1) is 3.68. The molecule has 0 aliphatic heterocycles. The van der Waals surface area contributed by atoms with Gasteiger partial charge in [0.25, 0.3) is 0 Å². The third-order valence-electron chi connectivity index (χ3n) is 1.28. The second-order valence-electron chi connectivity index (χ2n) is 2.33. The lowest BCUT2D eigenvalue weighted by Gasteiger charge is -2.02. The van der Waals surface area contributed by atoms with Gasteiger partial charge in [-0.25, -0.2) is 0 Å². The smallest absolute Gasteiger partial charge is 0.00276 e. The third kappa shape index (κ3) is 2.67. The minimum Gasteiger partial charge on any atom is -0.394 e. The topological polar surface area (TPSA) is 12.0 Å². The van der Waals surface area contributed by atoms with Crippen LogP contribution in [-0.4, -0.2) is 7.05 Å². The molecule has 1 nitrogen and oxygen atoms in total. The lowest BCUT2D eigenvalue weighted by atomic mass is 10.1. The Morgan fingerprint density at radius 2 is 2.00 bits per heavy atom. The van der Waals surface area contributed by atoms with Gasteiger partial charge in [-0.3, -0.25) is 0 Å². The van der Waals surface area contributed by atoms with Crippen molar-refractivity contribution in [3.05, 3.63) is 11.8 Å². The molecular formula is C7H15N. The molecule has 0 aromatic carbocycles. The maximum Gasteiger partial charge on any atom is 0.00276 e. The van der Waals surface area contributed by atoms with E-state index >= 15 is 0 Å². The molecule has 0 saturated carbocycles. The average Bonchev–Trinajstić information content (AvgIpc) is 1.67. The molecule has 0 radical (unpaired) electrons. The molecule has 1 N–H and O–H groups in total. The standard InChI is InChI=1S/C7H15N/c1-6(2)7(3)5-8-4/h5-6,8H,1-4H3/b7-5-. The van der Waals surface area contributed by atoms with Crippen LogP contribution in [0.4, 0.5) is 0 Å². The van der Waals surface area contributed by atoms with E-state index in [1.807, 2.05) is 13.2 Å². The minimum atomic E-state index is 0.669. The number of allylic oxidation sites excluding steroid dienone is 1. The second-order valence-corrected chi connectivity index (χ2v) is 2.33. The number of rotatable bonds is 2. The van der Waals surface area contributed by atoms with Gasteiger partial charge in [0.2, 0.25) is 0 Å². The summed E-state index contributed by atoms with van der Waals surface area (Å²) in [5.41, 5.74) is 1.40. The molecular weight excluding hydrogens is 98.1 g/mol. The summed E-state index contributed by atoms with van der Waals surface area (Å²) in [4.78, 5) is 0. The van der Waals surface area contributed by atoms with Gasteiger partial charge in [0.05, 0.1) is 0 Å². The zero-order chi connectivity index (χ0) is 6.57. The van der Waals surface area contributed by atoms with E-state index in [1.54, 1.807) is 0 Å². The SMILES string of the molecule is CN/C=C(/C)C(C)C. The Hall–Kier alpha value is -0.460. The quantitative estimate of drug-likeness (QED) is 0.575. The zero-order valence-corrected chi connectivity index (χ0v) is 6.15. The Morgan fingerprint density at radius 1 is 1.50 bits per heavy atom. The molecule has 0 aliphatic carbocycles. The van der Waals surface area contributed by atoms with E-state index < -0.39 is 0 Å². The predicted octanol–water partition coefficient (Wildman–Crippen LogP) is 1.77. The van der Waals surface area contributed by atoms with Crippen LogP contribution in [0.1, 0.15) is 20.8 Å². The lowest BCUT2D eigenvalue weighted by Crippen LogP contribution is -1.98. The highest BCUT2D eigenvalue weighted by molar-refractivity contribution is 4.98. The summed E-state index contributed by atoms with van der Waals surface area (Å²) in [6, 6.07) is 0. The molecule has 8 heavy (non-hydrogen) atoms. The highest BCUT2D eigenvalue weighted by Crippen LogP contribution is 2.04. The highest BCUT2D eigenvalue weighted by Gasteiger charge is 1.91. The van der Waals surface area contributed by atoms with Crippen LogP contribution >= 0.6 is 0 Å². The monoisotopic (exact) mass is 113 g/mol. The van der Waals surface area contributed by atoms with Crippen molar-refractivity contribution >= 4 is 0 Å². The van der Waals surface area contributed by atoms with Crippen LogP contribution in [0.3, 0.4) is 0 Å². The average molecular weight is 113 g/mol. The summed E-state index contributed by atoms with van der Waals surface area (Å²) in [6.07, 6.45) is 2.03. The first-order valence-corrected chi connectivity index (χ1v) is 3.02. The molecule has 48 valence electrons. The Kier molecular flexibility index (Phi) is 3.33. The van der Waals surface area contributed by atoms with Crippen LogP contribution in [0.2, 0.25) is 0 Å². The molecule has 0 rings (SSSR count). The number of hydrogen-bond acceptors (Lipinski definition) is 1. The van der Waals surface area contributed by atoms with Crippen molar-refractivity contribution < 1.29 is 0 Å². The molecule has 1 heteroatoms. The predicted molar refractivity (Wildman–Crippen MR) is 37.7 cm³/mol. The molecule has 0 aromatic heterocycles. The van der Waals surface area contributed by atoms with Crippen LogP contribution in [0, 0.1) is 5.92 Å². The van der Waals surface area contributed by atoms with E-state index in [2.05, 4.69) is 26.1 Å². The maximum atomic E-state index is 2.99. The van der Waals surface area contributed by atoms with Gasteiger partial charge in [0.1, 0.15) is 0 Å². The van der Waals surface area contributed by atoms with E-state index in [4.69, 9.17) is 0 Å². The summed E-state index contributed by atoms with van der Waals surface area (Å²) in [7, 11) is 1.92. The molecule has 0 amide bonds. The summed E-state index contributed by atoms with van der Waals surface area (Å²) < 4.78 is 0. The minimum absolute atomic E-state index is 0.669. The molecule has 0 bridgehead atoms. The van der Waals surface area contributed by atoms with Crippen LogP contribution in [-0.2, 0) is 0 Å². The van der Waals surface area contributed by atoms with Crippen LogP contribution in [0.15, 0.2) is 11.8 Å². The fourth-order valence-electron chi connectivity index (χ4n) is 0.394. The van der Waals surface area contributed by atoms with Crippen molar-refractivity contribution in [1.29, 1.82) is 0 Å². The van der Waals surface area contributed by atoms with Crippen LogP contribution in [0.5, 0.6) is 0 Å². The summed E-state index contributed by atoms with van der Waals surface area (Å²) in [5, 5.41) is 2.99. The van der Waals surface area contributed by atoms with Crippen molar-refractivity contribution in [2.24, 2.45) is 5.92 Å². The summed E-state index contributed by atoms with van der Waals surface area (Å²) in [6.45, 7) is 6.49. The molecule has 0 aliphatic rings. The first-order valence-electron chi connectivity index (χ1n) is 3.02. The van der Waals surface area contributed by atoms with Gasteiger partial charge in [-0.15, -0.1) is 0 Å². The van der Waals surface area contributed by atoms with E-state index in [-0.39, 0.29) is 0 Å². The molecule has 0 saturated heterocycles. The second kappa shape index (κ2) is 3.53. The van der Waals surface area contributed by atoms with Crippen molar-refractivity contribution in [1.82, 2.24) is 5.32 Å². The molecule has 0 heterocycles. The summed E-state index contributed by atoms with van der Waals surface area (Å²) in [5.74, 6) is 0.669. The molecule has 0 spiro atoms. The zero-order valence-electron chi connectivity index (χ0n) is 6.15. The van der Waals surface area contributed by atoms with Crippen LogP contribution in [0.25, 0.3) is 0 Å². The van der Waals surface area contributed by atoms with Gasteiger partial charge in [-0.05, 0) is 19.0 Å². The number of hydrogen-bond donors (Lipinski definition) is 1. The molecule has 0 unspecified atom stereocenters. The van der Waals surface area contributed by atoms with Gasteiger partial charge in [0.15, 0.2) is 0 Å². The lowest BCUT2D eigenvalue weighted by molar-refractivity contribution is 0.758. The van der Waals surface area contributed by atoms with Gasteiger partial charge in [-0.2, -0.15) is 0 Å². The Morgan fingerprint density at radius 3 is 2.12 bits per heavy atom. The molecule has 0 aromatic rings. The van der Waals surface area contributed by atoms with Crippen LogP contribution < -0.4 is 5.32 Å². The Balaban J connectivity index is 3.61. The fourth-order valence-corrected chi connectivity index (χ4v) is 0.394. The molecule has 0 fully saturated rings. The van der Waals surface area contributed by atoms with Gasteiger partial charge in [-0.1, -0.05) is 19.4 Å². The Labute approximate surface area is 51.8 Å². The normalized spacial score (nSPS) is 12.4. The van der Waals surface area contributed by atoms with Gasteiger partial charge in [0, 0.05) is 7.05 Å².